The highest BCUT2D eigenvalue weighted by atomic mass is 35.5. The summed E-state index contributed by atoms with van der Waals surface area (Å²) < 4.78 is 0. The van der Waals surface area contributed by atoms with Crippen LogP contribution in [0.1, 0.15) is 32.3 Å². The molecule has 0 saturated carbocycles. The second-order valence-corrected chi connectivity index (χ2v) is 6.93. The van der Waals surface area contributed by atoms with Gasteiger partial charge < -0.3 is 15.1 Å². The molecule has 0 amide bonds. The van der Waals surface area contributed by atoms with Crippen molar-refractivity contribution < 1.29 is 0 Å². The van der Waals surface area contributed by atoms with Gasteiger partial charge in [0.1, 0.15) is 0 Å². The fourth-order valence-electron chi connectivity index (χ4n) is 2.94. The highest BCUT2D eigenvalue weighted by Gasteiger charge is 2.22. The normalized spacial score (nSPS) is 17.0. The van der Waals surface area contributed by atoms with E-state index in [0.29, 0.717) is 12.1 Å². The van der Waals surface area contributed by atoms with Crippen LogP contribution in [0.25, 0.3) is 0 Å². The zero-order valence-electron chi connectivity index (χ0n) is 13.7. The number of hydrogen-bond donors (Lipinski definition) is 1. The van der Waals surface area contributed by atoms with Gasteiger partial charge in [-0.1, -0.05) is 25.4 Å². The van der Waals surface area contributed by atoms with Crippen LogP contribution < -0.4 is 10.2 Å². The second kappa shape index (κ2) is 7.48. The third kappa shape index (κ3) is 4.60. The summed E-state index contributed by atoms with van der Waals surface area (Å²) in [6, 6.07) is 7.48. The average molecular weight is 310 g/mol. The van der Waals surface area contributed by atoms with E-state index in [2.05, 4.69) is 55.2 Å². The number of rotatable bonds is 5. The summed E-state index contributed by atoms with van der Waals surface area (Å²) in [5.41, 5.74) is 2.64. The summed E-state index contributed by atoms with van der Waals surface area (Å²) >= 11 is 6.18. The quantitative estimate of drug-likeness (QED) is 0.899. The number of anilines is 1. The van der Waals surface area contributed by atoms with Crippen LogP contribution in [0.15, 0.2) is 18.2 Å². The van der Waals surface area contributed by atoms with E-state index in [0.717, 1.165) is 24.7 Å². The molecule has 1 heterocycles. The first kappa shape index (κ1) is 16.6. The van der Waals surface area contributed by atoms with Crippen molar-refractivity contribution in [3.05, 3.63) is 28.8 Å². The van der Waals surface area contributed by atoms with Crippen molar-refractivity contribution in [2.24, 2.45) is 0 Å². The molecule has 1 saturated heterocycles. The highest BCUT2D eigenvalue weighted by Crippen LogP contribution is 2.28. The van der Waals surface area contributed by atoms with Gasteiger partial charge in [-0.05, 0) is 50.7 Å². The fraction of sp³-hybridized carbons (Fsp3) is 0.647. The van der Waals surface area contributed by atoms with Crippen LogP contribution in [-0.4, -0.2) is 44.2 Å². The van der Waals surface area contributed by atoms with Crippen molar-refractivity contribution in [3.63, 3.8) is 0 Å². The SMILES string of the molecule is CC(C)NCc1cc(Cl)ccc1N1CCC(N(C)C)CC1. The Morgan fingerprint density at radius 3 is 2.52 bits per heavy atom. The molecule has 0 radical (unpaired) electrons. The van der Waals surface area contributed by atoms with E-state index in [4.69, 9.17) is 11.6 Å². The van der Waals surface area contributed by atoms with E-state index in [9.17, 15) is 0 Å². The van der Waals surface area contributed by atoms with E-state index < -0.39 is 0 Å². The number of nitrogens with one attached hydrogen (secondary N) is 1. The van der Waals surface area contributed by atoms with Crippen LogP contribution >= 0.6 is 11.6 Å². The first-order valence-electron chi connectivity index (χ1n) is 7.90. The van der Waals surface area contributed by atoms with Gasteiger partial charge in [0, 0.05) is 42.4 Å². The molecule has 0 aliphatic carbocycles. The van der Waals surface area contributed by atoms with Gasteiger partial charge in [-0.2, -0.15) is 0 Å². The van der Waals surface area contributed by atoms with E-state index in [1.807, 2.05) is 6.07 Å². The second-order valence-electron chi connectivity index (χ2n) is 6.49. The van der Waals surface area contributed by atoms with Gasteiger partial charge in [0.15, 0.2) is 0 Å². The van der Waals surface area contributed by atoms with Crippen LogP contribution in [0.4, 0.5) is 5.69 Å². The van der Waals surface area contributed by atoms with E-state index in [1.165, 1.54) is 24.1 Å². The van der Waals surface area contributed by atoms with Gasteiger partial charge >= 0.3 is 0 Å². The molecular weight excluding hydrogens is 282 g/mol. The molecule has 1 aromatic carbocycles. The molecule has 1 fully saturated rings. The van der Waals surface area contributed by atoms with Crippen LogP contribution in [0.3, 0.4) is 0 Å². The fourth-order valence-corrected chi connectivity index (χ4v) is 3.14. The standard InChI is InChI=1S/C17H28ClN3/c1-13(2)19-12-14-11-15(18)5-6-17(14)21-9-7-16(8-10-21)20(3)4/h5-6,11,13,16,19H,7-10,12H2,1-4H3. The molecule has 118 valence electrons. The van der Waals surface area contributed by atoms with Crippen LogP contribution in [0, 0.1) is 0 Å². The molecule has 21 heavy (non-hydrogen) atoms. The summed E-state index contributed by atoms with van der Waals surface area (Å²) in [6.07, 6.45) is 2.46. The molecule has 0 bridgehead atoms. The van der Waals surface area contributed by atoms with Gasteiger partial charge in [-0.25, -0.2) is 0 Å². The Kier molecular flexibility index (Phi) is 5.91. The maximum Gasteiger partial charge on any atom is 0.0412 e. The van der Waals surface area contributed by atoms with E-state index in [1.54, 1.807) is 0 Å². The molecule has 0 unspecified atom stereocenters. The van der Waals surface area contributed by atoms with Crippen molar-refractivity contribution in [2.45, 2.75) is 45.3 Å². The zero-order valence-corrected chi connectivity index (χ0v) is 14.5. The molecule has 0 aromatic heterocycles. The third-order valence-electron chi connectivity index (χ3n) is 4.28. The monoisotopic (exact) mass is 309 g/mol. The lowest BCUT2D eigenvalue weighted by Gasteiger charge is -2.37. The van der Waals surface area contributed by atoms with Crippen molar-refractivity contribution in [2.75, 3.05) is 32.1 Å². The summed E-state index contributed by atoms with van der Waals surface area (Å²) in [6.45, 7) is 7.47. The lowest BCUT2D eigenvalue weighted by molar-refractivity contribution is 0.249. The Bertz CT molecular complexity index is 451. The van der Waals surface area contributed by atoms with Crippen molar-refractivity contribution in [3.8, 4) is 0 Å². The van der Waals surface area contributed by atoms with Gasteiger partial charge in [-0.3, -0.25) is 0 Å². The molecule has 2 rings (SSSR count). The smallest absolute Gasteiger partial charge is 0.0412 e. The van der Waals surface area contributed by atoms with Gasteiger partial charge in [0.2, 0.25) is 0 Å². The minimum atomic E-state index is 0.483. The van der Waals surface area contributed by atoms with Crippen LogP contribution in [-0.2, 0) is 6.54 Å². The van der Waals surface area contributed by atoms with Gasteiger partial charge in [0.05, 0.1) is 0 Å². The molecule has 1 aliphatic rings. The summed E-state index contributed by atoms with van der Waals surface area (Å²) in [4.78, 5) is 4.86. The van der Waals surface area contributed by atoms with E-state index in [-0.39, 0.29) is 0 Å². The Hall–Kier alpha value is -0.770. The lowest BCUT2D eigenvalue weighted by atomic mass is 10.0. The molecule has 4 heteroatoms. The molecule has 1 N–H and O–H groups in total. The summed E-state index contributed by atoms with van der Waals surface area (Å²) in [5, 5.41) is 4.32. The van der Waals surface area contributed by atoms with Gasteiger partial charge in [0.25, 0.3) is 0 Å². The molecule has 3 nitrogen and oxygen atoms in total. The Morgan fingerprint density at radius 1 is 1.29 bits per heavy atom. The summed E-state index contributed by atoms with van der Waals surface area (Å²) in [7, 11) is 4.36. The van der Waals surface area contributed by atoms with Gasteiger partial charge in [-0.15, -0.1) is 0 Å². The molecule has 1 aromatic rings. The molecular formula is C17H28ClN3. The number of benzene rings is 1. The number of hydrogen-bond acceptors (Lipinski definition) is 3. The maximum atomic E-state index is 6.18. The minimum absolute atomic E-state index is 0.483. The predicted molar refractivity (Wildman–Crippen MR) is 92.3 cm³/mol. The first-order valence-corrected chi connectivity index (χ1v) is 8.28. The van der Waals surface area contributed by atoms with Crippen LogP contribution in [0.2, 0.25) is 5.02 Å². The molecule has 0 spiro atoms. The van der Waals surface area contributed by atoms with Crippen molar-refractivity contribution >= 4 is 17.3 Å². The number of halogens is 1. The van der Waals surface area contributed by atoms with Crippen molar-refractivity contribution in [1.82, 2.24) is 10.2 Å². The minimum Gasteiger partial charge on any atom is -0.371 e. The highest BCUT2D eigenvalue weighted by molar-refractivity contribution is 6.30. The maximum absolute atomic E-state index is 6.18. The van der Waals surface area contributed by atoms with E-state index >= 15 is 0 Å². The van der Waals surface area contributed by atoms with Crippen LogP contribution in [0.5, 0.6) is 0 Å². The van der Waals surface area contributed by atoms with Crippen molar-refractivity contribution in [1.29, 1.82) is 0 Å². The Morgan fingerprint density at radius 2 is 1.95 bits per heavy atom. The summed E-state index contributed by atoms with van der Waals surface area (Å²) in [5.74, 6) is 0. The molecule has 1 aliphatic heterocycles. The Labute approximate surface area is 134 Å². The number of piperidine rings is 1. The zero-order chi connectivity index (χ0) is 15.4. The first-order chi connectivity index (χ1) is 9.97. The number of nitrogens with zero attached hydrogens (tertiary/aromatic N) is 2. The third-order valence-corrected chi connectivity index (χ3v) is 4.51. The average Bonchev–Trinajstić information content (AvgIpc) is 2.45. The molecule has 0 atom stereocenters. The topological polar surface area (TPSA) is 18.5 Å². The Balaban J connectivity index is 2.08. The predicted octanol–water partition coefficient (Wildman–Crippen LogP) is 3.37. The lowest BCUT2D eigenvalue weighted by Crippen LogP contribution is -2.42. The largest absolute Gasteiger partial charge is 0.371 e.